The largest absolute Gasteiger partial charge is 0.443 e. The second-order valence-corrected chi connectivity index (χ2v) is 6.62. The summed E-state index contributed by atoms with van der Waals surface area (Å²) in [6, 6.07) is 4.66. The predicted octanol–water partition coefficient (Wildman–Crippen LogP) is 3.07. The molecule has 0 saturated carbocycles. The first-order valence-corrected chi connectivity index (χ1v) is 7.70. The summed E-state index contributed by atoms with van der Waals surface area (Å²) in [4.78, 5) is 24.3. The first-order valence-electron chi connectivity index (χ1n) is 7.70. The minimum Gasteiger partial charge on any atom is -0.443 e. The van der Waals surface area contributed by atoms with E-state index in [4.69, 9.17) is 9.15 Å². The number of carbonyl (C=O) groups excluding carboxylic acids is 2. The van der Waals surface area contributed by atoms with Gasteiger partial charge >= 0.3 is 12.5 Å². The summed E-state index contributed by atoms with van der Waals surface area (Å²) in [6.45, 7) is 5.27. The third-order valence-electron chi connectivity index (χ3n) is 3.41. The number of hydrogen-bond donors (Lipinski definition) is 1. The van der Waals surface area contributed by atoms with Gasteiger partial charge in [-0.15, -0.1) is 10.2 Å². The van der Waals surface area contributed by atoms with Crippen LogP contribution in [0, 0.1) is 0 Å². The molecule has 0 saturated heterocycles. The lowest BCUT2D eigenvalue weighted by Crippen LogP contribution is -2.44. The molecule has 3 rings (SSSR count). The van der Waals surface area contributed by atoms with E-state index < -0.39 is 29.9 Å². The zero-order valence-electron chi connectivity index (χ0n) is 14.2. The van der Waals surface area contributed by atoms with Crippen molar-refractivity contribution in [3.8, 4) is 11.5 Å². The van der Waals surface area contributed by atoms with Gasteiger partial charge in [0.25, 0.3) is 11.8 Å². The number of benzene rings is 1. The number of carbonyl (C=O) groups is 2. The van der Waals surface area contributed by atoms with Crippen LogP contribution in [0.1, 0.15) is 49.0 Å². The Morgan fingerprint density at radius 1 is 1.35 bits per heavy atom. The molecule has 0 unspecified atom stereocenters. The molecular formula is C16H16F2N4O4. The topological polar surface area (TPSA) is 97.6 Å². The Morgan fingerprint density at radius 2 is 2.08 bits per heavy atom. The van der Waals surface area contributed by atoms with Crippen molar-refractivity contribution < 1.29 is 27.5 Å². The lowest BCUT2D eigenvalue weighted by molar-refractivity contribution is 0.0302. The summed E-state index contributed by atoms with van der Waals surface area (Å²) < 4.78 is 35.1. The molecule has 2 amide bonds. The number of aromatic nitrogens is 2. The van der Waals surface area contributed by atoms with Crippen LogP contribution < -0.4 is 5.43 Å². The molecule has 8 nitrogen and oxygen atoms in total. The smallest absolute Gasteiger partial charge is 0.426 e. The van der Waals surface area contributed by atoms with Crippen LogP contribution in [0.5, 0.6) is 0 Å². The zero-order chi connectivity index (χ0) is 19.1. The summed E-state index contributed by atoms with van der Waals surface area (Å²) in [6.07, 6.45) is -3.63. The maximum atomic E-state index is 12.6. The molecule has 1 N–H and O–H groups in total. The Hall–Kier alpha value is -3.04. The fourth-order valence-corrected chi connectivity index (χ4v) is 2.37. The number of rotatable bonds is 3. The van der Waals surface area contributed by atoms with Gasteiger partial charge in [0.15, 0.2) is 0 Å². The van der Waals surface area contributed by atoms with E-state index in [1.807, 2.05) is 0 Å². The number of fused-ring (bicyclic) bond motifs is 1. The molecule has 138 valence electrons. The minimum absolute atomic E-state index is 0.116. The Morgan fingerprint density at radius 3 is 2.69 bits per heavy atom. The fourth-order valence-electron chi connectivity index (χ4n) is 2.37. The van der Waals surface area contributed by atoms with Gasteiger partial charge in [-0.25, -0.2) is 15.2 Å². The molecule has 2 heterocycles. The van der Waals surface area contributed by atoms with Crippen molar-refractivity contribution in [1.29, 1.82) is 0 Å². The zero-order valence-corrected chi connectivity index (χ0v) is 14.2. The van der Waals surface area contributed by atoms with Crippen LogP contribution >= 0.6 is 0 Å². The van der Waals surface area contributed by atoms with E-state index in [1.54, 1.807) is 32.9 Å². The second kappa shape index (κ2) is 6.36. The summed E-state index contributed by atoms with van der Waals surface area (Å²) in [7, 11) is 0. The predicted molar refractivity (Wildman–Crippen MR) is 83.9 cm³/mol. The standard InChI is InChI=1S/C16H16F2N4O4/c1-16(2,3)26-15(24)21-22-7-9-5-4-8(6-10(9)14(22)23)12-19-20-13(25-12)11(17)18/h4-6,11H,7H2,1-3H3,(H,21,24). The van der Waals surface area contributed by atoms with Crippen LogP contribution in [0.3, 0.4) is 0 Å². The molecule has 0 bridgehead atoms. The average Bonchev–Trinajstić information content (AvgIpc) is 3.12. The molecule has 0 atom stereocenters. The number of hydrazine groups is 1. The quantitative estimate of drug-likeness (QED) is 0.897. The molecule has 1 aliphatic rings. The highest BCUT2D eigenvalue weighted by Gasteiger charge is 2.31. The first kappa shape index (κ1) is 17.8. The van der Waals surface area contributed by atoms with Crippen molar-refractivity contribution in [3.05, 3.63) is 35.2 Å². The highest BCUT2D eigenvalue weighted by Crippen LogP contribution is 2.28. The Balaban J connectivity index is 1.77. The van der Waals surface area contributed by atoms with Crippen LogP contribution in [0.15, 0.2) is 22.6 Å². The Labute approximate surface area is 147 Å². The molecular weight excluding hydrogens is 350 g/mol. The molecule has 1 aromatic carbocycles. The fraction of sp³-hybridized carbons (Fsp3) is 0.375. The molecule has 1 aromatic heterocycles. The van der Waals surface area contributed by atoms with E-state index in [0.717, 1.165) is 5.01 Å². The Kier molecular flexibility index (Phi) is 4.34. The maximum Gasteiger partial charge on any atom is 0.426 e. The van der Waals surface area contributed by atoms with Crippen molar-refractivity contribution >= 4 is 12.0 Å². The van der Waals surface area contributed by atoms with Gasteiger partial charge in [0.05, 0.1) is 6.54 Å². The second-order valence-electron chi connectivity index (χ2n) is 6.62. The summed E-state index contributed by atoms with van der Waals surface area (Å²) in [5.41, 5.74) is 2.97. The van der Waals surface area contributed by atoms with E-state index in [9.17, 15) is 18.4 Å². The number of alkyl halides is 2. The summed E-state index contributed by atoms with van der Waals surface area (Å²) in [5, 5.41) is 7.92. The van der Waals surface area contributed by atoms with Gasteiger partial charge in [-0.2, -0.15) is 8.78 Å². The maximum absolute atomic E-state index is 12.6. The van der Waals surface area contributed by atoms with Gasteiger partial charge in [-0.1, -0.05) is 6.07 Å². The SMILES string of the molecule is CC(C)(C)OC(=O)NN1Cc2ccc(-c3nnc(C(F)F)o3)cc2C1=O. The highest BCUT2D eigenvalue weighted by atomic mass is 19.3. The highest BCUT2D eigenvalue weighted by molar-refractivity contribution is 5.99. The summed E-state index contributed by atoms with van der Waals surface area (Å²) in [5.74, 6) is -1.36. The van der Waals surface area contributed by atoms with Gasteiger partial charge in [0.1, 0.15) is 5.60 Å². The third-order valence-corrected chi connectivity index (χ3v) is 3.41. The van der Waals surface area contributed by atoms with Crippen molar-refractivity contribution in [2.24, 2.45) is 0 Å². The molecule has 2 aromatic rings. The molecule has 0 fully saturated rings. The van der Waals surface area contributed by atoms with E-state index in [0.29, 0.717) is 16.7 Å². The van der Waals surface area contributed by atoms with E-state index in [-0.39, 0.29) is 12.4 Å². The van der Waals surface area contributed by atoms with Gasteiger partial charge < -0.3 is 9.15 Å². The minimum atomic E-state index is -2.87. The van der Waals surface area contributed by atoms with Gasteiger partial charge in [0, 0.05) is 11.1 Å². The van der Waals surface area contributed by atoms with Crippen LogP contribution in [0.25, 0.3) is 11.5 Å². The normalized spacial score (nSPS) is 13.9. The van der Waals surface area contributed by atoms with Crippen molar-refractivity contribution in [2.75, 3.05) is 0 Å². The lowest BCUT2D eigenvalue weighted by atomic mass is 10.1. The first-order chi connectivity index (χ1) is 12.1. The molecule has 1 aliphatic heterocycles. The average molecular weight is 366 g/mol. The number of halogens is 2. The van der Waals surface area contributed by atoms with E-state index >= 15 is 0 Å². The monoisotopic (exact) mass is 366 g/mol. The number of nitrogens with zero attached hydrogens (tertiary/aromatic N) is 3. The number of amides is 2. The van der Waals surface area contributed by atoms with Crippen LogP contribution in [-0.2, 0) is 11.3 Å². The summed E-state index contributed by atoms with van der Waals surface area (Å²) >= 11 is 0. The number of nitrogens with one attached hydrogen (secondary N) is 1. The molecule has 0 spiro atoms. The third kappa shape index (κ3) is 3.63. The number of ether oxygens (including phenoxy) is 1. The van der Waals surface area contributed by atoms with Gasteiger partial charge in [-0.3, -0.25) is 4.79 Å². The van der Waals surface area contributed by atoms with E-state index in [2.05, 4.69) is 15.6 Å². The molecule has 10 heteroatoms. The van der Waals surface area contributed by atoms with Crippen LogP contribution in [-0.4, -0.2) is 32.8 Å². The Bertz CT molecular complexity index is 860. The molecule has 0 aliphatic carbocycles. The van der Waals surface area contributed by atoms with E-state index in [1.165, 1.54) is 6.07 Å². The van der Waals surface area contributed by atoms with Crippen molar-refractivity contribution in [1.82, 2.24) is 20.6 Å². The van der Waals surface area contributed by atoms with Gasteiger partial charge in [0.2, 0.25) is 5.89 Å². The van der Waals surface area contributed by atoms with Crippen LogP contribution in [0.4, 0.5) is 13.6 Å². The lowest BCUT2D eigenvalue weighted by Gasteiger charge is -2.23. The van der Waals surface area contributed by atoms with Crippen LogP contribution in [0.2, 0.25) is 0 Å². The van der Waals surface area contributed by atoms with Crippen molar-refractivity contribution in [2.45, 2.75) is 39.3 Å². The molecule has 26 heavy (non-hydrogen) atoms. The number of hydrogen-bond acceptors (Lipinski definition) is 6. The van der Waals surface area contributed by atoms with Gasteiger partial charge in [-0.05, 0) is 38.5 Å². The van der Waals surface area contributed by atoms with Crippen molar-refractivity contribution in [3.63, 3.8) is 0 Å². The molecule has 0 radical (unpaired) electrons.